The van der Waals surface area contributed by atoms with Crippen molar-refractivity contribution in [2.24, 2.45) is 0 Å². The third-order valence-electron chi connectivity index (χ3n) is 9.71. The zero-order valence-corrected chi connectivity index (χ0v) is 24.1. The lowest BCUT2D eigenvalue weighted by molar-refractivity contribution is 0.107. The van der Waals surface area contributed by atoms with Gasteiger partial charge in [0.15, 0.2) is 5.82 Å². The molecule has 6 heterocycles. The SMILES string of the molecule is C#Cc1c(F)ccc2cccc(-c3ncc4c(N5C[C@H]6CC[C@@H](C5)N6)nc(OC[C@@]56CC(=C)CN5C[C@@H](F)C6)nc4c3F)c12. The molecule has 2 aromatic heterocycles. The number of piperazine rings is 1. The second-order valence-electron chi connectivity index (χ2n) is 12.6. The Kier molecular flexibility index (Phi) is 6.33. The molecule has 4 saturated heterocycles. The molecular formula is C34H31F3N6O. The van der Waals surface area contributed by atoms with Crippen LogP contribution in [0.25, 0.3) is 32.9 Å². The Bertz CT molecular complexity index is 1880. The van der Waals surface area contributed by atoms with Crippen LogP contribution in [0.2, 0.25) is 0 Å². The Balaban J connectivity index is 1.26. The molecule has 0 radical (unpaired) electrons. The minimum Gasteiger partial charge on any atom is -0.461 e. The fourth-order valence-corrected chi connectivity index (χ4v) is 7.82. The van der Waals surface area contributed by atoms with E-state index in [2.05, 4.69) is 37.6 Å². The van der Waals surface area contributed by atoms with Crippen molar-refractivity contribution < 1.29 is 17.9 Å². The van der Waals surface area contributed by atoms with Crippen LogP contribution in [0.4, 0.5) is 19.0 Å². The number of ether oxygens (including phenoxy) is 1. The number of fused-ring (bicyclic) bond motifs is 5. The van der Waals surface area contributed by atoms with Crippen LogP contribution in [-0.2, 0) is 0 Å². The zero-order chi connectivity index (χ0) is 30.2. The third kappa shape index (κ3) is 4.32. The molecule has 10 heteroatoms. The molecule has 2 aromatic carbocycles. The molecule has 4 aromatic rings. The molecule has 1 N–H and O–H groups in total. The fraction of sp³-hybridized carbons (Fsp3) is 0.382. The highest BCUT2D eigenvalue weighted by molar-refractivity contribution is 6.02. The predicted molar refractivity (Wildman–Crippen MR) is 163 cm³/mol. The number of hydrogen-bond acceptors (Lipinski definition) is 7. The first kappa shape index (κ1) is 27.4. The summed E-state index contributed by atoms with van der Waals surface area (Å²) >= 11 is 0. The quantitative estimate of drug-likeness (QED) is 0.252. The highest BCUT2D eigenvalue weighted by atomic mass is 19.1. The Labute approximate surface area is 253 Å². The number of pyridine rings is 1. The Hall–Kier alpha value is -4.20. The fourth-order valence-electron chi connectivity index (χ4n) is 7.82. The maximum atomic E-state index is 16.7. The van der Waals surface area contributed by atoms with Gasteiger partial charge in [0.05, 0.1) is 16.5 Å². The van der Waals surface area contributed by atoms with E-state index in [-0.39, 0.29) is 29.4 Å². The van der Waals surface area contributed by atoms with Crippen molar-refractivity contribution in [3.8, 4) is 29.6 Å². The van der Waals surface area contributed by atoms with Crippen molar-refractivity contribution in [2.75, 3.05) is 37.7 Å². The van der Waals surface area contributed by atoms with Gasteiger partial charge in [0, 0.05) is 61.8 Å². The first-order chi connectivity index (χ1) is 21.3. The van der Waals surface area contributed by atoms with Crippen molar-refractivity contribution >= 4 is 27.5 Å². The first-order valence-corrected chi connectivity index (χ1v) is 15.1. The molecule has 4 aliphatic rings. The number of rotatable bonds is 5. The Morgan fingerprint density at radius 1 is 1.11 bits per heavy atom. The average molecular weight is 597 g/mol. The summed E-state index contributed by atoms with van der Waals surface area (Å²) in [7, 11) is 0. The normalized spacial score (nSPS) is 26.5. The number of hydrogen-bond donors (Lipinski definition) is 1. The molecule has 0 unspecified atom stereocenters. The number of terminal acetylenes is 1. The highest BCUT2D eigenvalue weighted by Crippen LogP contribution is 2.43. The van der Waals surface area contributed by atoms with Gasteiger partial charge < -0.3 is 15.0 Å². The van der Waals surface area contributed by atoms with E-state index in [9.17, 15) is 8.78 Å². The van der Waals surface area contributed by atoms with Crippen LogP contribution >= 0.6 is 0 Å². The van der Waals surface area contributed by atoms with E-state index < -0.39 is 23.3 Å². The van der Waals surface area contributed by atoms with Crippen LogP contribution in [0.3, 0.4) is 0 Å². The average Bonchev–Trinajstić information content (AvgIpc) is 3.62. The van der Waals surface area contributed by atoms with Gasteiger partial charge in [-0.15, -0.1) is 6.42 Å². The lowest BCUT2D eigenvalue weighted by atomic mass is 9.93. The lowest BCUT2D eigenvalue weighted by Crippen LogP contribution is -2.51. The summed E-state index contributed by atoms with van der Waals surface area (Å²) < 4.78 is 52.3. The van der Waals surface area contributed by atoms with Crippen LogP contribution in [0.5, 0.6) is 6.01 Å². The van der Waals surface area contributed by atoms with E-state index in [1.165, 1.54) is 6.07 Å². The molecule has 0 saturated carbocycles. The molecule has 0 aliphatic carbocycles. The van der Waals surface area contributed by atoms with Gasteiger partial charge in [-0.2, -0.15) is 9.97 Å². The number of alkyl halides is 1. The van der Waals surface area contributed by atoms with Gasteiger partial charge in [0.25, 0.3) is 0 Å². The summed E-state index contributed by atoms with van der Waals surface area (Å²) in [5, 5.41) is 5.16. The first-order valence-electron chi connectivity index (χ1n) is 15.1. The number of anilines is 1. The van der Waals surface area contributed by atoms with E-state index in [0.29, 0.717) is 78.6 Å². The smallest absolute Gasteiger partial charge is 0.319 e. The highest BCUT2D eigenvalue weighted by Gasteiger charge is 2.50. The molecule has 0 spiro atoms. The van der Waals surface area contributed by atoms with Crippen LogP contribution in [0.15, 0.2) is 48.7 Å². The van der Waals surface area contributed by atoms with Gasteiger partial charge in [0.2, 0.25) is 0 Å². The van der Waals surface area contributed by atoms with E-state index >= 15 is 4.39 Å². The number of aromatic nitrogens is 3. The Morgan fingerprint density at radius 3 is 2.73 bits per heavy atom. The maximum absolute atomic E-state index is 16.7. The minimum atomic E-state index is -0.944. The molecule has 4 atom stereocenters. The summed E-state index contributed by atoms with van der Waals surface area (Å²) in [4.78, 5) is 18.2. The largest absolute Gasteiger partial charge is 0.461 e. The number of nitrogens with zero attached hydrogens (tertiary/aromatic N) is 5. The van der Waals surface area contributed by atoms with Gasteiger partial charge in [0.1, 0.15) is 35.6 Å². The standard InChI is InChI=1S/C34H31F3N6O/c1-3-24-27(36)10-7-20-5-4-6-25(28(20)24)30-29(37)31-26(13-38-30)32(42-16-22-8-9-23(17-42)39-22)41-33(40-31)44-18-34-11-19(2)14-43(34)15-21(35)12-34/h1,4-7,10,13,21-23,39H,2,8-9,11-12,14-18H2/t21-,22-,23+,34-/m0/s1. The van der Waals surface area contributed by atoms with Gasteiger partial charge in [-0.25, -0.2) is 13.2 Å². The molecule has 0 amide bonds. The molecule has 8 rings (SSSR count). The Morgan fingerprint density at radius 2 is 1.93 bits per heavy atom. The van der Waals surface area contributed by atoms with Crippen LogP contribution in [0, 0.1) is 24.0 Å². The van der Waals surface area contributed by atoms with Gasteiger partial charge in [-0.1, -0.05) is 42.3 Å². The molecule has 224 valence electrons. The summed E-state index contributed by atoms with van der Waals surface area (Å²) in [6.45, 7) is 6.68. The van der Waals surface area contributed by atoms with Crippen LogP contribution < -0.4 is 15.0 Å². The van der Waals surface area contributed by atoms with Gasteiger partial charge in [-0.05, 0) is 30.7 Å². The summed E-state index contributed by atoms with van der Waals surface area (Å²) in [5.74, 6) is 1.74. The van der Waals surface area contributed by atoms with Crippen molar-refractivity contribution in [2.45, 2.75) is 49.5 Å². The summed E-state index contributed by atoms with van der Waals surface area (Å²) in [6, 6.07) is 8.81. The second kappa shape index (κ2) is 10.2. The van der Waals surface area contributed by atoms with E-state index in [4.69, 9.17) is 16.1 Å². The number of halogens is 3. The van der Waals surface area contributed by atoms with Crippen molar-refractivity contribution in [1.29, 1.82) is 0 Å². The molecular weight excluding hydrogens is 565 g/mol. The van der Waals surface area contributed by atoms with Gasteiger partial charge >= 0.3 is 6.01 Å². The topological polar surface area (TPSA) is 66.4 Å². The minimum absolute atomic E-state index is 0.00843. The molecule has 7 nitrogen and oxygen atoms in total. The molecule has 4 fully saturated rings. The number of benzene rings is 2. The van der Waals surface area contributed by atoms with Crippen LogP contribution in [-0.4, -0.2) is 76.4 Å². The predicted octanol–water partition coefficient (Wildman–Crippen LogP) is 5.17. The lowest BCUT2D eigenvalue weighted by Gasteiger charge is -2.34. The van der Waals surface area contributed by atoms with Crippen molar-refractivity contribution in [3.05, 3.63) is 65.9 Å². The zero-order valence-electron chi connectivity index (χ0n) is 24.1. The van der Waals surface area contributed by atoms with Crippen molar-refractivity contribution in [3.63, 3.8) is 0 Å². The molecule has 44 heavy (non-hydrogen) atoms. The van der Waals surface area contributed by atoms with E-state index in [0.717, 1.165) is 18.4 Å². The van der Waals surface area contributed by atoms with Crippen LogP contribution in [0.1, 0.15) is 31.2 Å². The third-order valence-corrected chi connectivity index (χ3v) is 9.71. The molecule has 4 aliphatic heterocycles. The number of nitrogens with one attached hydrogen (secondary N) is 1. The monoisotopic (exact) mass is 596 g/mol. The van der Waals surface area contributed by atoms with Crippen molar-refractivity contribution in [1.82, 2.24) is 25.2 Å². The van der Waals surface area contributed by atoms with Gasteiger partial charge in [-0.3, -0.25) is 9.88 Å². The van der Waals surface area contributed by atoms with E-state index in [1.54, 1.807) is 30.5 Å². The summed E-state index contributed by atoms with van der Waals surface area (Å²) in [5.41, 5.74) is 0.995. The van der Waals surface area contributed by atoms with E-state index in [1.807, 2.05) is 0 Å². The molecule has 2 bridgehead atoms. The maximum Gasteiger partial charge on any atom is 0.319 e. The second-order valence-corrected chi connectivity index (χ2v) is 12.6. The summed E-state index contributed by atoms with van der Waals surface area (Å²) in [6.07, 6.45) is 9.43.